The fraction of sp³-hybridized carbons (Fsp3) is 0.103. The molecule has 2 aromatic heterocycles. The Kier molecular flexibility index (Phi) is 4.89. The van der Waals surface area contributed by atoms with Crippen LogP contribution in [-0.4, -0.2) is 21.5 Å². The third-order valence-electron chi connectivity index (χ3n) is 6.83. The highest BCUT2D eigenvalue weighted by molar-refractivity contribution is 7.80. The van der Waals surface area contributed by atoms with Crippen LogP contribution in [-0.2, 0) is 0 Å². The molecule has 5 aromatic rings. The fourth-order valence-electron chi connectivity index (χ4n) is 5.17. The summed E-state index contributed by atoms with van der Waals surface area (Å²) in [4.78, 5) is 6.84. The molecule has 7 rings (SSSR count). The maximum Gasteiger partial charge on any atom is 0.231 e. The molecule has 2 atom stereocenters. The van der Waals surface area contributed by atoms with Gasteiger partial charge in [-0.05, 0) is 71.5 Å². The SMILES string of the molecule is S=C1N[C@H](c2ccccn2)[C@H](c2cccn2-c2ccc3ccccc3c2)N1c1ccc2c(c1)OCO2. The Bertz CT molecular complexity index is 1600. The van der Waals surface area contributed by atoms with Crippen LogP contribution < -0.4 is 19.7 Å². The summed E-state index contributed by atoms with van der Waals surface area (Å²) in [7, 11) is 0. The number of rotatable bonds is 4. The van der Waals surface area contributed by atoms with E-state index in [4.69, 9.17) is 21.7 Å². The molecule has 1 N–H and O–H groups in total. The number of aromatic nitrogens is 2. The lowest BCUT2D eigenvalue weighted by Crippen LogP contribution is -2.30. The number of nitrogens with one attached hydrogen (secondary N) is 1. The molecule has 4 heterocycles. The topological polar surface area (TPSA) is 51.6 Å². The molecule has 0 saturated carbocycles. The van der Waals surface area contributed by atoms with E-state index in [1.54, 1.807) is 0 Å². The second kappa shape index (κ2) is 8.39. The largest absolute Gasteiger partial charge is 0.454 e. The summed E-state index contributed by atoms with van der Waals surface area (Å²) in [5.74, 6) is 1.47. The second-order valence-electron chi connectivity index (χ2n) is 8.87. The molecule has 0 radical (unpaired) electrons. The zero-order chi connectivity index (χ0) is 24.1. The van der Waals surface area contributed by atoms with E-state index in [1.807, 2.05) is 42.6 Å². The van der Waals surface area contributed by atoms with Crippen molar-refractivity contribution in [3.63, 3.8) is 0 Å². The van der Waals surface area contributed by atoms with Crippen LogP contribution in [0, 0.1) is 0 Å². The van der Waals surface area contributed by atoms with E-state index in [1.165, 1.54) is 10.8 Å². The number of fused-ring (bicyclic) bond motifs is 2. The maximum atomic E-state index is 5.91. The van der Waals surface area contributed by atoms with Crippen LogP contribution in [0.25, 0.3) is 16.5 Å². The summed E-state index contributed by atoms with van der Waals surface area (Å²) in [6.45, 7) is 0.228. The Hall–Kier alpha value is -4.36. The van der Waals surface area contributed by atoms with Crippen LogP contribution in [0.15, 0.2) is 103 Å². The molecule has 0 amide bonds. The van der Waals surface area contributed by atoms with Crippen LogP contribution in [0.2, 0.25) is 0 Å². The van der Waals surface area contributed by atoms with Gasteiger partial charge in [0, 0.05) is 35.5 Å². The molecule has 0 spiro atoms. The van der Waals surface area contributed by atoms with Crippen molar-refractivity contribution in [3.05, 3.63) is 115 Å². The van der Waals surface area contributed by atoms with Crippen LogP contribution >= 0.6 is 12.2 Å². The van der Waals surface area contributed by atoms with Gasteiger partial charge in [0.2, 0.25) is 6.79 Å². The van der Waals surface area contributed by atoms with E-state index in [2.05, 4.69) is 80.6 Å². The third-order valence-corrected chi connectivity index (χ3v) is 7.14. The van der Waals surface area contributed by atoms with Gasteiger partial charge < -0.3 is 24.3 Å². The first-order valence-corrected chi connectivity index (χ1v) is 12.2. The van der Waals surface area contributed by atoms with Gasteiger partial charge in [0.05, 0.1) is 11.7 Å². The first kappa shape index (κ1) is 21.0. The van der Waals surface area contributed by atoms with E-state index in [9.17, 15) is 0 Å². The van der Waals surface area contributed by atoms with E-state index >= 15 is 0 Å². The molecule has 0 aliphatic carbocycles. The van der Waals surface area contributed by atoms with Crippen molar-refractivity contribution in [2.45, 2.75) is 12.1 Å². The van der Waals surface area contributed by atoms with Crippen molar-refractivity contribution >= 4 is 33.8 Å². The molecule has 2 aliphatic rings. The highest BCUT2D eigenvalue weighted by Crippen LogP contribution is 2.45. The minimum atomic E-state index is -0.144. The molecular weight excluding hydrogens is 468 g/mol. The summed E-state index contributed by atoms with van der Waals surface area (Å²) in [6, 6.07) is 30.9. The third kappa shape index (κ3) is 3.39. The van der Waals surface area contributed by atoms with Crippen molar-refractivity contribution in [2.24, 2.45) is 0 Å². The Labute approximate surface area is 213 Å². The average molecular weight is 491 g/mol. The van der Waals surface area contributed by atoms with Crippen LogP contribution in [0.4, 0.5) is 5.69 Å². The second-order valence-corrected chi connectivity index (χ2v) is 9.26. The zero-order valence-corrected chi connectivity index (χ0v) is 20.1. The van der Waals surface area contributed by atoms with Crippen molar-refractivity contribution in [1.29, 1.82) is 0 Å². The molecule has 0 bridgehead atoms. The average Bonchev–Trinajstić information content (AvgIpc) is 3.66. The highest BCUT2D eigenvalue weighted by Gasteiger charge is 2.42. The number of ether oxygens (including phenoxy) is 2. The molecule has 1 fully saturated rings. The van der Waals surface area contributed by atoms with Crippen molar-refractivity contribution in [2.75, 3.05) is 11.7 Å². The van der Waals surface area contributed by atoms with Gasteiger partial charge in [0.1, 0.15) is 6.04 Å². The summed E-state index contributed by atoms with van der Waals surface area (Å²) >= 11 is 5.91. The predicted molar refractivity (Wildman–Crippen MR) is 144 cm³/mol. The molecular formula is C29H22N4O2S. The lowest BCUT2D eigenvalue weighted by Gasteiger charge is -2.29. The van der Waals surface area contributed by atoms with Crippen molar-refractivity contribution in [1.82, 2.24) is 14.9 Å². The Morgan fingerprint density at radius 2 is 1.64 bits per heavy atom. The van der Waals surface area contributed by atoms with Gasteiger partial charge in [0.25, 0.3) is 0 Å². The Morgan fingerprint density at radius 3 is 2.53 bits per heavy atom. The fourth-order valence-corrected chi connectivity index (χ4v) is 5.51. The van der Waals surface area contributed by atoms with Crippen LogP contribution in [0.5, 0.6) is 11.5 Å². The quantitative estimate of drug-likeness (QED) is 0.315. The summed E-state index contributed by atoms with van der Waals surface area (Å²) < 4.78 is 13.5. The predicted octanol–water partition coefficient (Wildman–Crippen LogP) is 5.93. The van der Waals surface area contributed by atoms with Gasteiger partial charge in [0.15, 0.2) is 16.6 Å². The lowest BCUT2D eigenvalue weighted by atomic mass is 10.0. The number of anilines is 1. The minimum absolute atomic E-state index is 0.141. The summed E-state index contributed by atoms with van der Waals surface area (Å²) in [5.41, 5.74) is 4.06. The molecule has 6 nitrogen and oxygen atoms in total. The number of benzene rings is 3. The smallest absolute Gasteiger partial charge is 0.231 e. The van der Waals surface area contributed by atoms with Crippen molar-refractivity contribution in [3.8, 4) is 17.2 Å². The molecule has 1 saturated heterocycles. The van der Waals surface area contributed by atoms with E-state index < -0.39 is 0 Å². The molecule has 36 heavy (non-hydrogen) atoms. The normalized spacial score (nSPS) is 18.6. The lowest BCUT2D eigenvalue weighted by molar-refractivity contribution is 0.174. The first-order valence-electron chi connectivity index (χ1n) is 11.8. The van der Waals surface area contributed by atoms with Gasteiger partial charge in [-0.15, -0.1) is 0 Å². The van der Waals surface area contributed by atoms with E-state index in [-0.39, 0.29) is 18.9 Å². The summed E-state index contributed by atoms with van der Waals surface area (Å²) in [5, 5.41) is 6.59. The molecule has 176 valence electrons. The minimum Gasteiger partial charge on any atom is -0.454 e. The molecule has 2 aliphatic heterocycles. The van der Waals surface area contributed by atoms with Gasteiger partial charge >= 0.3 is 0 Å². The number of hydrogen-bond acceptors (Lipinski definition) is 4. The maximum absolute atomic E-state index is 5.91. The van der Waals surface area contributed by atoms with Crippen molar-refractivity contribution < 1.29 is 9.47 Å². The highest BCUT2D eigenvalue weighted by atomic mass is 32.1. The van der Waals surface area contributed by atoms with Gasteiger partial charge in [-0.3, -0.25) is 4.98 Å². The monoisotopic (exact) mass is 490 g/mol. The number of thiocarbonyl (C=S) groups is 1. The molecule has 7 heteroatoms. The molecule has 3 aromatic carbocycles. The Morgan fingerprint density at radius 1 is 0.806 bits per heavy atom. The standard InChI is InChI=1S/C29H22N4O2S/c36-29-31-27(23-8-3-4-14-30-23)28(33(29)22-12-13-25-26(17-22)35-18-34-25)24-9-5-15-32(24)21-11-10-19-6-1-2-7-20(19)16-21/h1-17,27-28H,18H2,(H,31,36)/t27-,28+/m1/s1. The van der Waals surface area contributed by atoms with E-state index in [0.29, 0.717) is 5.11 Å². The molecule has 0 unspecified atom stereocenters. The van der Waals surface area contributed by atoms with Crippen LogP contribution in [0.3, 0.4) is 0 Å². The number of hydrogen-bond donors (Lipinski definition) is 1. The van der Waals surface area contributed by atoms with E-state index in [0.717, 1.165) is 34.3 Å². The van der Waals surface area contributed by atoms with Gasteiger partial charge in [-0.1, -0.05) is 36.4 Å². The Balaban J connectivity index is 1.38. The summed E-state index contributed by atoms with van der Waals surface area (Å²) in [6.07, 6.45) is 3.93. The first-order chi connectivity index (χ1) is 17.8. The zero-order valence-electron chi connectivity index (χ0n) is 19.2. The van der Waals surface area contributed by atoms with Gasteiger partial charge in [-0.2, -0.15) is 0 Å². The number of nitrogens with zero attached hydrogens (tertiary/aromatic N) is 3. The van der Waals surface area contributed by atoms with Gasteiger partial charge in [-0.25, -0.2) is 0 Å². The van der Waals surface area contributed by atoms with Crippen LogP contribution in [0.1, 0.15) is 23.5 Å². The number of pyridine rings is 1.